The highest BCUT2D eigenvalue weighted by Crippen LogP contribution is 2.38. The summed E-state index contributed by atoms with van der Waals surface area (Å²) in [7, 11) is 3.80. The number of hydrogen-bond acceptors (Lipinski definition) is 6. The van der Waals surface area contributed by atoms with E-state index in [1.54, 1.807) is 7.11 Å². The summed E-state index contributed by atoms with van der Waals surface area (Å²) in [6.07, 6.45) is 0. The molecular formula is C25H25N5O. The van der Waals surface area contributed by atoms with Gasteiger partial charge >= 0.3 is 0 Å². The van der Waals surface area contributed by atoms with Gasteiger partial charge in [0.25, 0.3) is 0 Å². The van der Waals surface area contributed by atoms with E-state index in [2.05, 4.69) is 58.6 Å². The second kappa shape index (κ2) is 8.14. The van der Waals surface area contributed by atoms with Crippen molar-refractivity contribution in [3.05, 3.63) is 78.4 Å². The molecule has 3 aromatic carbocycles. The molecule has 0 saturated carbocycles. The molecule has 0 spiro atoms. The molecule has 0 fully saturated rings. The van der Waals surface area contributed by atoms with Gasteiger partial charge < -0.3 is 19.9 Å². The molecule has 0 radical (unpaired) electrons. The van der Waals surface area contributed by atoms with Gasteiger partial charge in [-0.1, -0.05) is 48.5 Å². The van der Waals surface area contributed by atoms with Crippen LogP contribution in [0.5, 0.6) is 5.75 Å². The molecule has 1 aliphatic rings. The van der Waals surface area contributed by atoms with E-state index in [0.29, 0.717) is 12.5 Å². The first-order valence-electron chi connectivity index (χ1n) is 10.4. The molecule has 1 aromatic heterocycles. The number of para-hydroxylation sites is 3. The monoisotopic (exact) mass is 411 g/mol. The first kappa shape index (κ1) is 19.2. The Bertz CT molecular complexity index is 1210. The molecule has 0 amide bonds. The minimum absolute atomic E-state index is 0.674. The minimum Gasteiger partial charge on any atom is -0.494 e. The molecule has 0 saturated heterocycles. The van der Waals surface area contributed by atoms with Crippen LogP contribution >= 0.6 is 0 Å². The number of hydrogen-bond donors (Lipinski definition) is 1. The fourth-order valence-corrected chi connectivity index (χ4v) is 4.03. The quantitative estimate of drug-likeness (QED) is 0.507. The van der Waals surface area contributed by atoms with Crippen LogP contribution in [0.3, 0.4) is 0 Å². The van der Waals surface area contributed by atoms with Crippen molar-refractivity contribution in [3.63, 3.8) is 0 Å². The third-order valence-corrected chi connectivity index (χ3v) is 5.68. The normalized spacial score (nSPS) is 13.2. The number of fused-ring (bicyclic) bond motifs is 2. The Hall–Kier alpha value is -3.80. The highest BCUT2D eigenvalue weighted by Gasteiger charge is 2.24. The van der Waals surface area contributed by atoms with Crippen molar-refractivity contribution < 1.29 is 4.74 Å². The van der Waals surface area contributed by atoms with Gasteiger partial charge in [0.2, 0.25) is 5.95 Å². The molecule has 156 valence electrons. The summed E-state index contributed by atoms with van der Waals surface area (Å²) >= 11 is 0. The Kier molecular flexibility index (Phi) is 5.04. The number of anilines is 4. The first-order valence-corrected chi connectivity index (χ1v) is 10.4. The van der Waals surface area contributed by atoms with Crippen molar-refractivity contribution in [1.29, 1.82) is 0 Å². The summed E-state index contributed by atoms with van der Waals surface area (Å²) in [5.41, 5.74) is 4.29. The van der Waals surface area contributed by atoms with Gasteiger partial charge in [0.1, 0.15) is 17.1 Å². The van der Waals surface area contributed by atoms with E-state index < -0.39 is 0 Å². The van der Waals surface area contributed by atoms with Crippen LogP contribution in [-0.4, -0.2) is 37.2 Å². The topological polar surface area (TPSA) is 53.5 Å². The van der Waals surface area contributed by atoms with Crippen LogP contribution in [0.15, 0.2) is 72.8 Å². The average molecular weight is 412 g/mol. The Labute approximate surface area is 182 Å². The van der Waals surface area contributed by atoms with Crippen LogP contribution in [0.4, 0.5) is 23.1 Å². The molecule has 6 nitrogen and oxygen atoms in total. The van der Waals surface area contributed by atoms with E-state index >= 15 is 0 Å². The number of methoxy groups -OCH3 is 1. The fourth-order valence-electron chi connectivity index (χ4n) is 4.03. The lowest BCUT2D eigenvalue weighted by Gasteiger charge is -2.35. The Morgan fingerprint density at radius 2 is 1.65 bits per heavy atom. The first-order chi connectivity index (χ1) is 15.2. The van der Waals surface area contributed by atoms with Gasteiger partial charge in [-0.05, 0) is 29.8 Å². The second-order valence-corrected chi connectivity index (χ2v) is 7.63. The summed E-state index contributed by atoms with van der Waals surface area (Å²) in [5.74, 6) is 2.22. The van der Waals surface area contributed by atoms with Crippen LogP contribution in [-0.2, 0) is 6.54 Å². The van der Waals surface area contributed by atoms with Gasteiger partial charge in [0.05, 0.1) is 18.5 Å². The smallest absolute Gasteiger partial charge is 0.232 e. The molecule has 6 heteroatoms. The number of rotatable bonds is 5. The Balaban J connectivity index is 1.61. The summed E-state index contributed by atoms with van der Waals surface area (Å²) in [5, 5.41) is 4.47. The van der Waals surface area contributed by atoms with Gasteiger partial charge in [0, 0.05) is 32.1 Å². The summed E-state index contributed by atoms with van der Waals surface area (Å²) in [4.78, 5) is 14.4. The number of likely N-dealkylation sites (N-methyl/N-ethyl adjacent to an activating group) is 1. The van der Waals surface area contributed by atoms with E-state index in [9.17, 15) is 0 Å². The molecule has 1 N–H and O–H groups in total. The third-order valence-electron chi connectivity index (χ3n) is 5.68. The number of aromatic nitrogens is 2. The van der Waals surface area contributed by atoms with E-state index in [0.717, 1.165) is 41.2 Å². The van der Waals surface area contributed by atoms with Crippen LogP contribution in [0.1, 0.15) is 5.56 Å². The molecule has 2 heterocycles. The molecule has 0 atom stereocenters. The maximum absolute atomic E-state index is 5.63. The molecule has 0 unspecified atom stereocenters. The van der Waals surface area contributed by atoms with Gasteiger partial charge in [-0.2, -0.15) is 4.98 Å². The molecule has 5 rings (SSSR count). The van der Waals surface area contributed by atoms with Crippen molar-refractivity contribution in [1.82, 2.24) is 9.97 Å². The zero-order valence-corrected chi connectivity index (χ0v) is 17.7. The van der Waals surface area contributed by atoms with Crippen molar-refractivity contribution >= 4 is 34.0 Å². The van der Waals surface area contributed by atoms with E-state index in [-0.39, 0.29) is 0 Å². The predicted molar refractivity (Wildman–Crippen MR) is 127 cm³/mol. The van der Waals surface area contributed by atoms with Crippen molar-refractivity contribution in [2.45, 2.75) is 6.54 Å². The fraction of sp³-hybridized carbons (Fsp3) is 0.200. The number of ether oxygens (including phenoxy) is 1. The lowest BCUT2D eigenvalue weighted by atomic mass is 10.1. The molecule has 4 aromatic rings. The average Bonchev–Trinajstić information content (AvgIpc) is 2.83. The summed E-state index contributed by atoms with van der Waals surface area (Å²) < 4.78 is 5.63. The van der Waals surface area contributed by atoms with Crippen LogP contribution in [0.2, 0.25) is 0 Å². The second-order valence-electron chi connectivity index (χ2n) is 7.63. The summed E-state index contributed by atoms with van der Waals surface area (Å²) in [6, 6.07) is 24.7. The molecule has 31 heavy (non-hydrogen) atoms. The standard InChI is InChI=1S/C25H25N5O/c1-29-15-16-30(21-13-7-6-12-20(21)29)25-27-23-19(11-8-14-22(23)31-2)24(28-25)26-17-18-9-4-3-5-10-18/h3-14H,15-17H2,1-2H3,(H,26,27,28). The minimum atomic E-state index is 0.674. The zero-order valence-electron chi connectivity index (χ0n) is 17.7. The summed E-state index contributed by atoms with van der Waals surface area (Å²) in [6.45, 7) is 2.40. The molecular weight excluding hydrogens is 386 g/mol. The number of nitrogens with zero attached hydrogens (tertiary/aromatic N) is 4. The van der Waals surface area contributed by atoms with E-state index in [1.807, 2.05) is 36.4 Å². The van der Waals surface area contributed by atoms with Crippen LogP contribution in [0, 0.1) is 0 Å². The highest BCUT2D eigenvalue weighted by molar-refractivity contribution is 5.94. The van der Waals surface area contributed by atoms with Gasteiger partial charge in [0.15, 0.2) is 0 Å². The maximum Gasteiger partial charge on any atom is 0.232 e. The maximum atomic E-state index is 5.63. The Morgan fingerprint density at radius 1 is 0.871 bits per heavy atom. The van der Waals surface area contributed by atoms with Crippen molar-refractivity contribution in [3.8, 4) is 5.75 Å². The van der Waals surface area contributed by atoms with Gasteiger partial charge in [-0.3, -0.25) is 0 Å². The number of benzene rings is 3. The lowest BCUT2D eigenvalue weighted by Crippen LogP contribution is -2.37. The van der Waals surface area contributed by atoms with Crippen molar-refractivity contribution in [2.24, 2.45) is 0 Å². The SMILES string of the molecule is COc1cccc2c(NCc3ccccc3)nc(N3CCN(C)c4ccccc43)nc12. The molecule has 1 aliphatic heterocycles. The Morgan fingerprint density at radius 3 is 2.45 bits per heavy atom. The number of nitrogens with one attached hydrogen (secondary N) is 1. The lowest BCUT2D eigenvalue weighted by molar-refractivity contribution is 0.419. The highest BCUT2D eigenvalue weighted by atomic mass is 16.5. The van der Waals surface area contributed by atoms with E-state index in [4.69, 9.17) is 14.7 Å². The van der Waals surface area contributed by atoms with Gasteiger partial charge in [-0.15, -0.1) is 0 Å². The zero-order chi connectivity index (χ0) is 21.2. The molecule has 0 aliphatic carbocycles. The van der Waals surface area contributed by atoms with Crippen molar-refractivity contribution in [2.75, 3.05) is 42.4 Å². The van der Waals surface area contributed by atoms with E-state index in [1.165, 1.54) is 11.3 Å². The molecule has 0 bridgehead atoms. The largest absolute Gasteiger partial charge is 0.494 e. The van der Waals surface area contributed by atoms with Crippen LogP contribution < -0.4 is 19.9 Å². The van der Waals surface area contributed by atoms with Gasteiger partial charge in [-0.25, -0.2) is 4.98 Å². The third kappa shape index (κ3) is 3.61. The predicted octanol–water partition coefficient (Wildman–Crippen LogP) is 4.84. The van der Waals surface area contributed by atoms with Crippen LogP contribution in [0.25, 0.3) is 10.9 Å².